The summed E-state index contributed by atoms with van der Waals surface area (Å²) >= 11 is 0. The predicted molar refractivity (Wildman–Crippen MR) is 38.1 cm³/mol. The van der Waals surface area contributed by atoms with Gasteiger partial charge in [-0.1, -0.05) is 5.16 Å². The minimum Gasteiger partial charge on any atom is -0.467 e. The van der Waals surface area contributed by atoms with Gasteiger partial charge in [-0.25, -0.2) is 4.79 Å². The summed E-state index contributed by atoms with van der Waals surface area (Å²) in [6.45, 7) is 1.43. The van der Waals surface area contributed by atoms with Crippen LogP contribution in [0, 0.1) is 0 Å². The average molecular weight is 161 g/mol. The van der Waals surface area contributed by atoms with Gasteiger partial charge in [0.1, 0.15) is 7.11 Å². The van der Waals surface area contributed by atoms with Crippen LogP contribution in [-0.4, -0.2) is 32.7 Å². The molecule has 0 aliphatic rings. The van der Waals surface area contributed by atoms with Gasteiger partial charge in [0.05, 0.1) is 7.11 Å². The quantitative estimate of drug-likeness (QED) is 0.256. The minimum absolute atomic E-state index is 0.144. The Morgan fingerprint density at radius 3 is 2.55 bits per heavy atom. The summed E-state index contributed by atoms with van der Waals surface area (Å²) < 4.78 is 9.10. The zero-order chi connectivity index (χ0) is 8.69. The molecule has 11 heavy (non-hydrogen) atoms. The first kappa shape index (κ1) is 9.74. The number of methoxy groups -OCH3 is 1. The lowest BCUT2D eigenvalue weighted by Crippen LogP contribution is -2.13. The summed E-state index contributed by atoms with van der Waals surface area (Å²) in [4.78, 5) is 14.9. The number of hydrogen-bond acceptors (Lipinski definition) is 5. The Morgan fingerprint density at radius 1 is 1.45 bits per heavy atom. The molecule has 0 spiro atoms. The second-order valence-electron chi connectivity index (χ2n) is 1.66. The van der Waals surface area contributed by atoms with Crippen molar-refractivity contribution < 1.29 is 19.1 Å². The zero-order valence-electron chi connectivity index (χ0n) is 6.79. The smallest absolute Gasteiger partial charge is 0.343 e. The molecule has 5 nitrogen and oxygen atoms in total. The lowest BCUT2D eigenvalue weighted by Gasteiger charge is -2.01. The molecule has 0 atom stereocenters. The molecule has 0 saturated heterocycles. The van der Waals surface area contributed by atoms with Crippen LogP contribution in [0.5, 0.6) is 0 Å². The van der Waals surface area contributed by atoms with Crippen molar-refractivity contribution in [2.24, 2.45) is 5.16 Å². The van der Waals surface area contributed by atoms with Crippen LogP contribution in [0.4, 0.5) is 0 Å². The van der Waals surface area contributed by atoms with E-state index < -0.39 is 5.97 Å². The van der Waals surface area contributed by atoms with Crippen molar-refractivity contribution in [1.29, 1.82) is 0 Å². The molecule has 0 heterocycles. The van der Waals surface area contributed by atoms with E-state index in [2.05, 4.69) is 14.7 Å². The molecule has 0 unspecified atom stereocenters. The standard InChI is InChI=1S/C6H11NO4/c1-5(7-10-3)11-4-6(8)9-2/h4H2,1-3H3. The lowest BCUT2D eigenvalue weighted by molar-refractivity contribution is -0.143. The van der Waals surface area contributed by atoms with Gasteiger partial charge in [-0.2, -0.15) is 0 Å². The highest BCUT2D eigenvalue weighted by Crippen LogP contribution is 1.83. The van der Waals surface area contributed by atoms with Gasteiger partial charge in [0.2, 0.25) is 5.90 Å². The maximum Gasteiger partial charge on any atom is 0.343 e. The summed E-state index contributed by atoms with van der Waals surface area (Å²) in [5, 5.41) is 3.42. The maximum atomic E-state index is 10.5. The molecule has 0 bridgehead atoms. The second-order valence-corrected chi connectivity index (χ2v) is 1.66. The monoisotopic (exact) mass is 161 g/mol. The summed E-state index contributed by atoms with van der Waals surface area (Å²) in [7, 11) is 2.68. The molecule has 0 aromatic rings. The zero-order valence-corrected chi connectivity index (χ0v) is 6.79. The van der Waals surface area contributed by atoms with Crippen molar-refractivity contribution in [3.8, 4) is 0 Å². The first-order valence-corrected chi connectivity index (χ1v) is 2.98. The van der Waals surface area contributed by atoms with E-state index in [1.807, 2.05) is 0 Å². The third-order valence-electron chi connectivity index (χ3n) is 0.846. The number of oxime groups is 1. The maximum absolute atomic E-state index is 10.5. The molecule has 0 rings (SSSR count). The lowest BCUT2D eigenvalue weighted by atomic mass is 10.7. The third kappa shape index (κ3) is 5.20. The Morgan fingerprint density at radius 2 is 2.09 bits per heavy atom. The summed E-state index contributed by atoms with van der Waals surface area (Å²) in [5.41, 5.74) is 0. The van der Waals surface area contributed by atoms with Gasteiger partial charge in [0.15, 0.2) is 6.61 Å². The van der Waals surface area contributed by atoms with Crippen LogP contribution in [0.3, 0.4) is 0 Å². The molecule has 0 fully saturated rings. The van der Waals surface area contributed by atoms with E-state index in [4.69, 9.17) is 4.74 Å². The fourth-order valence-corrected chi connectivity index (χ4v) is 0.377. The molecular weight excluding hydrogens is 150 g/mol. The van der Waals surface area contributed by atoms with Crippen LogP contribution in [0.1, 0.15) is 6.92 Å². The number of hydrogen-bond donors (Lipinski definition) is 0. The van der Waals surface area contributed by atoms with Crippen LogP contribution in [0.25, 0.3) is 0 Å². The molecule has 64 valence electrons. The number of esters is 1. The number of ether oxygens (including phenoxy) is 2. The van der Waals surface area contributed by atoms with E-state index in [0.717, 1.165) is 0 Å². The van der Waals surface area contributed by atoms with Crippen LogP contribution >= 0.6 is 0 Å². The topological polar surface area (TPSA) is 57.1 Å². The molecule has 0 aliphatic carbocycles. The number of carbonyl (C=O) groups is 1. The van der Waals surface area contributed by atoms with E-state index >= 15 is 0 Å². The van der Waals surface area contributed by atoms with Gasteiger partial charge >= 0.3 is 5.97 Å². The Labute approximate surface area is 64.9 Å². The van der Waals surface area contributed by atoms with Crippen molar-refractivity contribution in [2.45, 2.75) is 6.92 Å². The van der Waals surface area contributed by atoms with Crippen molar-refractivity contribution in [2.75, 3.05) is 20.8 Å². The molecule has 0 amide bonds. The Bertz CT molecular complexity index is 155. The van der Waals surface area contributed by atoms with Gasteiger partial charge in [-0.05, 0) is 0 Å². The van der Waals surface area contributed by atoms with Gasteiger partial charge in [0, 0.05) is 6.92 Å². The highest BCUT2D eigenvalue weighted by molar-refractivity contribution is 5.77. The molecule has 0 N–H and O–H groups in total. The first-order valence-electron chi connectivity index (χ1n) is 2.98. The normalized spacial score (nSPS) is 10.6. The van der Waals surface area contributed by atoms with Crippen molar-refractivity contribution in [3.05, 3.63) is 0 Å². The van der Waals surface area contributed by atoms with Crippen LogP contribution in [0.15, 0.2) is 5.16 Å². The van der Waals surface area contributed by atoms with Gasteiger partial charge in [-0.15, -0.1) is 0 Å². The van der Waals surface area contributed by atoms with E-state index in [1.165, 1.54) is 14.2 Å². The van der Waals surface area contributed by atoms with Crippen LogP contribution in [-0.2, 0) is 19.1 Å². The minimum atomic E-state index is -0.448. The molecular formula is C6H11NO4. The van der Waals surface area contributed by atoms with Gasteiger partial charge < -0.3 is 14.3 Å². The highest BCUT2D eigenvalue weighted by atomic mass is 16.6. The number of rotatable bonds is 3. The van der Waals surface area contributed by atoms with E-state index in [0.29, 0.717) is 0 Å². The van der Waals surface area contributed by atoms with Gasteiger partial charge in [-0.3, -0.25) is 0 Å². The fraction of sp³-hybridized carbons (Fsp3) is 0.667. The predicted octanol–water partition coefficient (Wildman–Crippen LogP) is 0.156. The van der Waals surface area contributed by atoms with E-state index in [1.54, 1.807) is 6.92 Å². The Hall–Kier alpha value is -1.26. The Kier molecular flexibility index (Phi) is 4.89. The number of carbonyl (C=O) groups excluding carboxylic acids is 1. The molecule has 0 aromatic heterocycles. The van der Waals surface area contributed by atoms with Crippen LogP contribution in [0.2, 0.25) is 0 Å². The molecule has 0 aromatic carbocycles. The third-order valence-corrected chi connectivity index (χ3v) is 0.846. The molecule has 0 aliphatic heterocycles. The largest absolute Gasteiger partial charge is 0.467 e. The van der Waals surface area contributed by atoms with Crippen molar-refractivity contribution in [3.63, 3.8) is 0 Å². The van der Waals surface area contributed by atoms with Gasteiger partial charge in [0.25, 0.3) is 0 Å². The summed E-state index contributed by atoms with van der Waals surface area (Å²) in [6, 6.07) is 0. The second kappa shape index (κ2) is 5.52. The molecule has 0 saturated carbocycles. The summed E-state index contributed by atoms with van der Waals surface area (Å²) in [5.74, 6) is -0.159. The fourth-order valence-electron chi connectivity index (χ4n) is 0.377. The Balaban J connectivity index is 3.53. The number of nitrogens with zero attached hydrogens (tertiary/aromatic N) is 1. The SMILES string of the molecule is CON=C(C)OCC(=O)OC. The van der Waals surface area contributed by atoms with Crippen molar-refractivity contribution >= 4 is 11.9 Å². The van der Waals surface area contributed by atoms with Crippen molar-refractivity contribution in [1.82, 2.24) is 0 Å². The van der Waals surface area contributed by atoms with E-state index in [9.17, 15) is 4.79 Å². The molecule has 5 heteroatoms. The first-order chi connectivity index (χ1) is 5.20. The average Bonchev–Trinajstić information content (AvgIpc) is 2.01. The summed E-state index contributed by atoms with van der Waals surface area (Å²) in [6.07, 6.45) is 0. The molecule has 0 radical (unpaired) electrons. The van der Waals surface area contributed by atoms with E-state index in [-0.39, 0.29) is 12.5 Å². The highest BCUT2D eigenvalue weighted by Gasteiger charge is 2.00. The van der Waals surface area contributed by atoms with Crippen LogP contribution < -0.4 is 0 Å².